The summed E-state index contributed by atoms with van der Waals surface area (Å²) in [7, 11) is -4.37. The molecule has 0 bridgehead atoms. The first kappa shape index (κ1) is 17.9. The van der Waals surface area contributed by atoms with E-state index in [9.17, 15) is 21.6 Å². The summed E-state index contributed by atoms with van der Waals surface area (Å²) in [5, 5.41) is 12.2. The van der Waals surface area contributed by atoms with Crippen molar-refractivity contribution >= 4 is 9.84 Å². The second-order valence-electron chi connectivity index (χ2n) is 4.92. The number of halogens is 3. The van der Waals surface area contributed by atoms with Crippen molar-refractivity contribution < 1.29 is 26.7 Å². The van der Waals surface area contributed by atoms with Crippen LogP contribution in [0.3, 0.4) is 0 Å². The van der Waals surface area contributed by atoms with Crippen LogP contribution in [0.1, 0.15) is 25.5 Å². The van der Waals surface area contributed by atoms with Crippen LogP contribution in [0.15, 0.2) is 29.2 Å². The third kappa shape index (κ3) is 6.03. The molecule has 0 heterocycles. The van der Waals surface area contributed by atoms with Gasteiger partial charge in [-0.15, -0.1) is 0 Å². The smallest absolute Gasteiger partial charge is 0.392 e. The molecule has 1 aromatic rings. The van der Waals surface area contributed by atoms with Gasteiger partial charge in [-0.25, -0.2) is 8.42 Å². The van der Waals surface area contributed by atoms with Crippen LogP contribution >= 0.6 is 0 Å². The highest BCUT2D eigenvalue weighted by molar-refractivity contribution is 7.91. The van der Waals surface area contributed by atoms with E-state index in [2.05, 4.69) is 5.32 Å². The van der Waals surface area contributed by atoms with Crippen LogP contribution < -0.4 is 5.32 Å². The molecule has 4 nitrogen and oxygen atoms in total. The number of hydrogen-bond acceptors (Lipinski definition) is 4. The lowest BCUT2D eigenvalue weighted by Gasteiger charge is -2.16. The molecular formula is C13H18F3NO3S. The van der Waals surface area contributed by atoms with Gasteiger partial charge in [0, 0.05) is 12.6 Å². The molecule has 0 amide bonds. The molecular weight excluding hydrogens is 307 g/mol. The summed E-state index contributed by atoms with van der Waals surface area (Å²) < 4.78 is 59.8. The third-order valence-corrected chi connectivity index (χ3v) is 4.51. The molecule has 2 atom stereocenters. The predicted molar refractivity (Wildman–Crippen MR) is 72.6 cm³/mol. The maximum Gasteiger partial charge on any atom is 0.403 e. The standard InChI is InChI=1S/C13H18F3NO3S/c1-9(18)7-17-10(2)11-3-5-12(6-4-11)21(19,20)8-13(14,15)16/h3-6,9-10,17-18H,7-8H2,1-2H3. The van der Waals surface area contributed by atoms with Gasteiger partial charge in [-0.3, -0.25) is 0 Å². The van der Waals surface area contributed by atoms with Gasteiger partial charge in [0.1, 0.15) is 0 Å². The first-order valence-electron chi connectivity index (χ1n) is 6.32. The lowest BCUT2D eigenvalue weighted by molar-refractivity contribution is -0.106. The number of sulfone groups is 1. The van der Waals surface area contributed by atoms with Gasteiger partial charge in [0.25, 0.3) is 0 Å². The SMILES string of the molecule is CC(O)CNC(C)c1ccc(S(=O)(=O)CC(F)(F)F)cc1. The maximum absolute atomic E-state index is 12.2. The Morgan fingerprint density at radius 1 is 1.19 bits per heavy atom. The van der Waals surface area contributed by atoms with Crippen LogP contribution in [0.2, 0.25) is 0 Å². The van der Waals surface area contributed by atoms with Gasteiger partial charge in [-0.1, -0.05) is 12.1 Å². The third-order valence-electron chi connectivity index (χ3n) is 2.81. The molecule has 0 aliphatic heterocycles. The molecule has 0 saturated carbocycles. The van der Waals surface area contributed by atoms with Crippen molar-refractivity contribution in [3.63, 3.8) is 0 Å². The Bertz CT molecular complexity index is 553. The Balaban J connectivity index is 2.83. The second-order valence-corrected chi connectivity index (χ2v) is 6.91. The number of aliphatic hydroxyl groups is 1. The molecule has 21 heavy (non-hydrogen) atoms. The van der Waals surface area contributed by atoms with E-state index in [4.69, 9.17) is 5.11 Å². The number of nitrogens with one attached hydrogen (secondary N) is 1. The summed E-state index contributed by atoms with van der Waals surface area (Å²) in [5.74, 6) is -1.87. The number of aliphatic hydroxyl groups excluding tert-OH is 1. The van der Waals surface area contributed by atoms with Crippen molar-refractivity contribution in [3.8, 4) is 0 Å². The average molecular weight is 325 g/mol. The zero-order valence-corrected chi connectivity index (χ0v) is 12.5. The molecule has 120 valence electrons. The van der Waals surface area contributed by atoms with Crippen molar-refractivity contribution in [2.24, 2.45) is 0 Å². The van der Waals surface area contributed by atoms with Gasteiger partial charge in [0.05, 0.1) is 11.0 Å². The molecule has 0 aliphatic rings. The van der Waals surface area contributed by atoms with Gasteiger partial charge in [-0.2, -0.15) is 13.2 Å². The highest BCUT2D eigenvalue weighted by Crippen LogP contribution is 2.23. The first-order chi connectivity index (χ1) is 9.51. The lowest BCUT2D eigenvalue weighted by Crippen LogP contribution is -2.27. The molecule has 0 aliphatic carbocycles. The van der Waals surface area contributed by atoms with E-state index in [1.807, 2.05) is 6.92 Å². The van der Waals surface area contributed by atoms with E-state index < -0.39 is 27.9 Å². The average Bonchev–Trinajstić information content (AvgIpc) is 2.33. The second kappa shape index (κ2) is 6.76. The van der Waals surface area contributed by atoms with E-state index in [1.54, 1.807) is 6.92 Å². The number of alkyl halides is 3. The quantitative estimate of drug-likeness (QED) is 0.840. The molecule has 2 N–H and O–H groups in total. The fourth-order valence-electron chi connectivity index (χ4n) is 1.73. The minimum Gasteiger partial charge on any atom is -0.392 e. The number of hydrogen-bond donors (Lipinski definition) is 2. The van der Waals surface area contributed by atoms with E-state index in [0.29, 0.717) is 6.54 Å². The van der Waals surface area contributed by atoms with Crippen LogP contribution in [0, 0.1) is 0 Å². The van der Waals surface area contributed by atoms with Gasteiger partial charge in [-0.05, 0) is 31.5 Å². The van der Waals surface area contributed by atoms with Crippen LogP contribution in [-0.4, -0.2) is 38.1 Å². The minimum atomic E-state index is -4.76. The Labute approximate surface area is 121 Å². The maximum atomic E-state index is 12.2. The zero-order chi connectivity index (χ0) is 16.3. The van der Waals surface area contributed by atoms with Crippen molar-refractivity contribution in [2.75, 3.05) is 12.3 Å². The largest absolute Gasteiger partial charge is 0.403 e. The van der Waals surface area contributed by atoms with Gasteiger partial charge < -0.3 is 10.4 Å². The molecule has 0 fully saturated rings. The predicted octanol–water partition coefficient (Wildman–Crippen LogP) is 2.05. The molecule has 2 unspecified atom stereocenters. The summed E-state index contributed by atoms with van der Waals surface area (Å²) in [4.78, 5) is -0.355. The Morgan fingerprint density at radius 2 is 1.71 bits per heavy atom. The summed E-state index contributed by atoms with van der Waals surface area (Å²) in [5.41, 5.74) is 0.724. The van der Waals surface area contributed by atoms with E-state index >= 15 is 0 Å². The van der Waals surface area contributed by atoms with Crippen LogP contribution in [0.25, 0.3) is 0 Å². The van der Waals surface area contributed by atoms with Crippen molar-refractivity contribution in [3.05, 3.63) is 29.8 Å². The molecule has 8 heteroatoms. The van der Waals surface area contributed by atoms with Gasteiger partial charge in [0.15, 0.2) is 15.6 Å². The Hall–Kier alpha value is -1.12. The van der Waals surface area contributed by atoms with E-state index in [-0.39, 0.29) is 10.9 Å². The van der Waals surface area contributed by atoms with Gasteiger partial charge in [0.2, 0.25) is 0 Å². The zero-order valence-electron chi connectivity index (χ0n) is 11.7. The molecule has 1 aromatic carbocycles. The fraction of sp³-hybridized carbons (Fsp3) is 0.538. The van der Waals surface area contributed by atoms with Crippen molar-refractivity contribution in [1.29, 1.82) is 0 Å². The Kier molecular flexibility index (Phi) is 5.77. The van der Waals surface area contributed by atoms with E-state index in [1.165, 1.54) is 12.1 Å². The number of benzene rings is 1. The van der Waals surface area contributed by atoms with Crippen LogP contribution in [-0.2, 0) is 9.84 Å². The first-order valence-corrected chi connectivity index (χ1v) is 7.97. The van der Waals surface area contributed by atoms with Crippen LogP contribution in [0.5, 0.6) is 0 Å². The summed E-state index contributed by atoms with van der Waals surface area (Å²) in [6.07, 6.45) is -5.29. The van der Waals surface area contributed by atoms with Crippen molar-refractivity contribution in [1.82, 2.24) is 5.32 Å². The molecule has 0 aromatic heterocycles. The van der Waals surface area contributed by atoms with E-state index in [0.717, 1.165) is 17.7 Å². The molecule has 1 rings (SSSR count). The molecule has 0 spiro atoms. The van der Waals surface area contributed by atoms with Crippen molar-refractivity contribution in [2.45, 2.75) is 37.1 Å². The highest BCUT2D eigenvalue weighted by atomic mass is 32.2. The summed E-state index contributed by atoms with van der Waals surface area (Å²) in [6.45, 7) is 3.78. The summed E-state index contributed by atoms with van der Waals surface area (Å²) in [6, 6.07) is 5.10. The molecule has 0 radical (unpaired) electrons. The normalized spacial score (nSPS) is 15.7. The monoisotopic (exact) mass is 325 g/mol. The number of rotatable bonds is 6. The highest BCUT2D eigenvalue weighted by Gasteiger charge is 2.35. The molecule has 0 saturated heterocycles. The Morgan fingerprint density at radius 3 is 2.14 bits per heavy atom. The topological polar surface area (TPSA) is 66.4 Å². The van der Waals surface area contributed by atoms with Crippen LogP contribution in [0.4, 0.5) is 13.2 Å². The lowest BCUT2D eigenvalue weighted by atomic mass is 10.1. The fourth-order valence-corrected chi connectivity index (χ4v) is 2.88. The summed E-state index contributed by atoms with van der Waals surface area (Å²) >= 11 is 0. The minimum absolute atomic E-state index is 0.154. The van der Waals surface area contributed by atoms with Gasteiger partial charge >= 0.3 is 6.18 Å².